The van der Waals surface area contributed by atoms with E-state index in [1.165, 1.54) is 0 Å². The van der Waals surface area contributed by atoms with Gasteiger partial charge in [0.2, 0.25) is 0 Å². The van der Waals surface area contributed by atoms with E-state index in [0.717, 1.165) is 0 Å². The van der Waals surface area contributed by atoms with Crippen molar-refractivity contribution >= 4 is 9.19 Å². The van der Waals surface area contributed by atoms with Crippen LogP contribution in [0.25, 0.3) is 0 Å². The zero-order valence-electron chi connectivity index (χ0n) is 3.98. The van der Waals surface area contributed by atoms with Crippen LogP contribution in [0.5, 0.6) is 0 Å². The Morgan fingerprint density at radius 1 is 1.50 bits per heavy atom. The summed E-state index contributed by atoms with van der Waals surface area (Å²) in [5.41, 5.74) is 0. The van der Waals surface area contributed by atoms with Gasteiger partial charge in [-0.2, -0.15) is 0 Å². The Kier molecular flexibility index (Phi) is 186. The molecule has 0 aromatic carbocycles. The average Bonchev–Trinajstić information content (AvgIpc) is 1.50. The van der Waals surface area contributed by atoms with E-state index in [-0.39, 0.29) is 69.9 Å². The minimum Gasteiger partial charge on any atom is -1.00 e. The third-order valence-corrected chi connectivity index (χ3v) is 0. The molecule has 0 spiro atoms. The number of hydrogen-bond acceptors (Lipinski definition) is 1. The molecule has 0 aliphatic carbocycles. The van der Waals surface area contributed by atoms with Gasteiger partial charge in [-0.05, 0) is 0 Å². The monoisotopic (exact) mass is 264 g/mol. The minimum atomic E-state index is 0. The van der Waals surface area contributed by atoms with Gasteiger partial charge in [-0.25, -0.2) is 0 Å². The first kappa shape index (κ1) is 23.4. The molecule has 0 bridgehead atoms. The van der Waals surface area contributed by atoms with Crippen LogP contribution in [0.1, 0.15) is 1.43 Å². The minimum absolute atomic E-state index is 0. The fourth-order valence-corrected chi connectivity index (χ4v) is 0. The summed E-state index contributed by atoms with van der Waals surface area (Å²) < 4.78 is 0. The first-order chi connectivity index (χ1) is 2.00. The molecule has 0 aromatic heterocycles. The molecule has 0 amide bonds. The van der Waals surface area contributed by atoms with E-state index in [1.54, 1.807) is 0 Å². The molecule has 0 aliphatic rings. The molecule has 0 heterocycles. The standard InChI is InChI=1S/CN.Ag.ClH.Fe.K.H/c1-2;;;;;/h;;1H;;;/q-1;+1;;;+1;-1/p-1. The predicted molar refractivity (Wildman–Crippen MR) is 11.9 cm³/mol. The van der Waals surface area contributed by atoms with Gasteiger partial charge in [0.05, 0.1) is 0 Å². The molecule has 0 saturated heterocycles. The SMILES string of the molecule is [C-]#N.[Cl][Ag].[Fe].[H-].[K+]. The molecule has 0 unspecified atom stereocenters. The quantitative estimate of drug-likeness (QED) is 0.363. The van der Waals surface area contributed by atoms with Gasteiger partial charge >= 0.3 is 80.6 Å². The number of halogens is 1. The number of rotatable bonds is 0. The van der Waals surface area contributed by atoms with Crippen LogP contribution in [-0.2, 0) is 37.1 Å². The van der Waals surface area contributed by atoms with E-state index >= 15 is 0 Å². The van der Waals surface area contributed by atoms with Crippen LogP contribution in [0.3, 0.4) is 0 Å². The zero-order valence-corrected chi connectivity index (χ0v) is 9.45. The summed E-state index contributed by atoms with van der Waals surface area (Å²) in [6.45, 7) is 4.75. The Labute approximate surface area is 108 Å². The summed E-state index contributed by atoms with van der Waals surface area (Å²) in [6, 6.07) is 0. The third-order valence-electron chi connectivity index (χ3n) is 0. The van der Waals surface area contributed by atoms with E-state index in [4.69, 9.17) is 11.8 Å². The maximum atomic E-state index is 6.25. The van der Waals surface area contributed by atoms with Gasteiger partial charge in [-0.3, -0.25) is 0 Å². The molecule has 0 radical (unpaired) electrons. The van der Waals surface area contributed by atoms with E-state index in [0.29, 0.717) is 0 Å². The molecule has 0 fully saturated rings. The summed E-state index contributed by atoms with van der Waals surface area (Å²) >= 11 is 2.42. The smallest absolute Gasteiger partial charge is 1.00 e. The van der Waals surface area contributed by atoms with E-state index in [1.807, 2.05) is 0 Å². The maximum Gasteiger partial charge on any atom is 1.00 e. The van der Waals surface area contributed by atoms with Gasteiger partial charge in [0.25, 0.3) is 0 Å². The summed E-state index contributed by atoms with van der Waals surface area (Å²) in [4.78, 5) is 0. The Morgan fingerprint density at radius 2 is 1.50 bits per heavy atom. The molecule has 0 atom stereocenters. The Hall–Kier alpha value is 2.68. The van der Waals surface area contributed by atoms with Crippen LogP contribution in [0.2, 0.25) is 0 Å². The van der Waals surface area contributed by atoms with Crippen molar-refractivity contribution in [2.24, 2.45) is 0 Å². The topological polar surface area (TPSA) is 23.8 Å². The molecule has 0 aliphatic heterocycles. The van der Waals surface area contributed by atoms with Crippen LogP contribution in [-0.4, -0.2) is 0 Å². The molecule has 0 saturated carbocycles. The van der Waals surface area contributed by atoms with Crippen molar-refractivity contribution in [3.63, 3.8) is 0 Å². The fourth-order valence-electron chi connectivity index (χ4n) is 0. The molecule has 0 rings (SSSR count). The van der Waals surface area contributed by atoms with Crippen LogP contribution >= 0.6 is 9.19 Å². The summed E-state index contributed by atoms with van der Waals surface area (Å²) in [6.07, 6.45) is 0. The summed E-state index contributed by atoms with van der Waals surface area (Å²) in [7, 11) is 4.45. The largest absolute Gasteiger partial charge is 1.00 e. The average molecular weight is 265 g/mol. The third kappa shape index (κ3) is 30.0. The number of hydrogen-bond donors (Lipinski definition) is 0. The van der Waals surface area contributed by atoms with Crippen LogP contribution in [0.4, 0.5) is 0 Å². The molecular weight excluding hydrogens is 264 g/mol. The van der Waals surface area contributed by atoms with Crippen molar-refractivity contribution in [2.45, 2.75) is 0 Å². The van der Waals surface area contributed by atoms with Crippen LogP contribution < -0.4 is 51.4 Å². The van der Waals surface area contributed by atoms with E-state index < -0.39 is 0 Å². The molecular formula is CHAgClFeKN-. The van der Waals surface area contributed by atoms with Gasteiger partial charge < -0.3 is 13.3 Å². The van der Waals surface area contributed by atoms with Crippen LogP contribution in [0.15, 0.2) is 0 Å². The second-order valence-electron chi connectivity index (χ2n) is 0. The summed E-state index contributed by atoms with van der Waals surface area (Å²) in [5.74, 6) is 0. The van der Waals surface area contributed by atoms with Gasteiger partial charge in [0, 0.05) is 17.1 Å². The Morgan fingerprint density at radius 3 is 1.50 bits per heavy atom. The molecule has 0 N–H and O–H groups in total. The van der Waals surface area contributed by atoms with Crippen molar-refractivity contribution in [1.82, 2.24) is 0 Å². The van der Waals surface area contributed by atoms with E-state index in [9.17, 15) is 0 Å². The van der Waals surface area contributed by atoms with Gasteiger partial charge in [0.15, 0.2) is 0 Å². The molecule has 1 nitrogen and oxygen atoms in total. The van der Waals surface area contributed by atoms with Crippen molar-refractivity contribution in [1.29, 1.82) is 5.26 Å². The van der Waals surface area contributed by atoms with Crippen LogP contribution in [0, 0.1) is 11.8 Å². The van der Waals surface area contributed by atoms with Gasteiger partial charge in [-0.15, -0.1) is 0 Å². The Balaban J connectivity index is -0.00000000267. The van der Waals surface area contributed by atoms with Crippen molar-refractivity contribution < 1.29 is 89.9 Å². The van der Waals surface area contributed by atoms with Gasteiger partial charge in [0.1, 0.15) is 0 Å². The van der Waals surface area contributed by atoms with E-state index in [2.05, 4.69) is 29.2 Å². The normalized spacial score (nSPS) is 1.50. The molecule has 38 valence electrons. The molecule has 5 heteroatoms. The first-order valence-electron chi connectivity index (χ1n) is 0.338. The second-order valence-corrected chi connectivity index (χ2v) is 0. The van der Waals surface area contributed by atoms with Crippen molar-refractivity contribution in [2.75, 3.05) is 0 Å². The molecule has 6 heavy (non-hydrogen) atoms. The van der Waals surface area contributed by atoms with Crippen molar-refractivity contribution in [3.05, 3.63) is 6.57 Å². The predicted octanol–water partition coefficient (Wildman–Crippen LogP) is -2.10. The molecule has 0 aromatic rings. The fraction of sp³-hybridized carbons (Fsp3) is 0. The zero-order chi connectivity index (χ0) is 4.00. The number of nitrogens with zero attached hydrogens (tertiary/aromatic N) is 1. The summed E-state index contributed by atoms with van der Waals surface area (Å²) in [5, 5.41) is 6.25. The maximum absolute atomic E-state index is 6.25. The van der Waals surface area contributed by atoms with Crippen molar-refractivity contribution in [3.8, 4) is 0 Å². The second kappa shape index (κ2) is 47.8. The first-order valence-corrected chi connectivity index (χ1v) is 2.25. The Bertz CT molecular complexity index is 24.4. The van der Waals surface area contributed by atoms with Gasteiger partial charge in [-0.1, -0.05) is 0 Å².